The first-order valence-electron chi connectivity index (χ1n) is 9.00. The van der Waals surface area contributed by atoms with Crippen LogP contribution in [0.1, 0.15) is 35.9 Å². The van der Waals surface area contributed by atoms with E-state index in [1.165, 1.54) is 5.69 Å². The normalized spacial score (nSPS) is 16.8. The number of para-hydroxylation sites is 1. The molecule has 0 saturated heterocycles. The summed E-state index contributed by atoms with van der Waals surface area (Å²) in [6.45, 7) is 5.84. The van der Waals surface area contributed by atoms with Gasteiger partial charge in [-0.2, -0.15) is 0 Å². The zero-order chi connectivity index (χ0) is 18.3. The van der Waals surface area contributed by atoms with E-state index in [1.54, 1.807) is 13.2 Å². The third-order valence-corrected chi connectivity index (χ3v) is 5.11. The Hall–Kier alpha value is -2.82. The molecule has 0 aliphatic carbocycles. The molecule has 0 unspecified atom stereocenters. The van der Waals surface area contributed by atoms with Crippen molar-refractivity contribution in [3.05, 3.63) is 59.9 Å². The Morgan fingerprint density at radius 1 is 1.19 bits per heavy atom. The zero-order valence-corrected chi connectivity index (χ0v) is 15.3. The van der Waals surface area contributed by atoms with Gasteiger partial charge in [0.05, 0.1) is 24.2 Å². The van der Waals surface area contributed by atoms with Gasteiger partial charge in [-0.1, -0.05) is 32.0 Å². The average Bonchev–Trinajstić information content (AvgIpc) is 3.14. The molecule has 3 aromatic rings. The van der Waals surface area contributed by atoms with Crippen molar-refractivity contribution in [1.82, 2.24) is 14.5 Å². The molecule has 0 bridgehead atoms. The molecule has 2 aromatic heterocycles. The van der Waals surface area contributed by atoms with Gasteiger partial charge >= 0.3 is 0 Å². The molecule has 0 radical (unpaired) electrons. The van der Waals surface area contributed by atoms with E-state index in [0.717, 1.165) is 17.4 Å². The number of carbonyl (C=O) groups is 1. The average molecular weight is 349 g/mol. The number of rotatable bonds is 3. The molecule has 26 heavy (non-hydrogen) atoms. The summed E-state index contributed by atoms with van der Waals surface area (Å²) in [6.07, 6.45) is 2.09. The molecule has 5 nitrogen and oxygen atoms in total. The summed E-state index contributed by atoms with van der Waals surface area (Å²) in [5.74, 6) is 0.824. The van der Waals surface area contributed by atoms with Crippen LogP contribution in [0.25, 0.3) is 10.9 Å². The lowest BCUT2D eigenvalue weighted by Crippen LogP contribution is -2.44. The number of pyridine rings is 1. The van der Waals surface area contributed by atoms with E-state index in [-0.39, 0.29) is 11.9 Å². The summed E-state index contributed by atoms with van der Waals surface area (Å²) in [6, 6.07) is 13.7. The second kappa shape index (κ2) is 6.48. The second-order valence-corrected chi connectivity index (χ2v) is 7.04. The third-order valence-electron chi connectivity index (χ3n) is 5.11. The summed E-state index contributed by atoms with van der Waals surface area (Å²) < 4.78 is 7.58. The third kappa shape index (κ3) is 2.64. The minimum absolute atomic E-state index is 0.0352. The van der Waals surface area contributed by atoms with Gasteiger partial charge in [-0.05, 0) is 24.1 Å². The number of hydrogen-bond acceptors (Lipinski definition) is 3. The van der Waals surface area contributed by atoms with Crippen LogP contribution in [0, 0.1) is 5.92 Å². The standard InChI is InChI=1S/C21H23N3O2/c1-14(2)20-18-9-6-10-23(18)11-12-24(20)21(25)16-13-19(26-3)22-17-8-5-4-7-15(16)17/h4-10,13-14,20H,11-12H2,1-3H3/t20-/m1/s1. The highest BCUT2D eigenvalue weighted by Gasteiger charge is 2.34. The minimum atomic E-state index is 0.0352. The van der Waals surface area contributed by atoms with Gasteiger partial charge in [0, 0.05) is 36.4 Å². The molecular weight excluding hydrogens is 326 g/mol. The topological polar surface area (TPSA) is 47.4 Å². The SMILES string of the molecule is COc1cc(C(=O)N2CCn3cccc3[C@H]2C(C)C)c2ccccc2n1. The first-order valence-corrected chi connectivity index (χ1v) is 9.00. The molecule has 1 atom stereocenters. The van der Waals surface area contributed by atoms with Crippen molar-refractivity contribution in [2.24, 2.45) is 5.92 Å². The summed E-state index contributed by atoms with van der Waals surface area (Å²) in [5.41, 5.74) is 2.62. The first kappa shape index (κ1) is 16.6. The lowest BCUT2D eigenvalue weighted by Gasteiger charge is -2.39. The highest BCUT2D eigenvalue weighted by Crippen LogP contribution is 2.34. The van der Waals surface area contributed by atoms with Crippen molar-refractivity contribution >= 4 is 16.8 Å². The first-order chi connectivity index (χ1) is 12.6. The summed E-state index contributed by atoms with van der Waals surface area (Å²) >= 11 is 0. The number of methoxy groups -OCH3 is 1. The molecule has 0 saturated carbocycles. The van der Waals surface area contributed by atoms with Crippen LogP contribution in [-0.2, 0) is 6.54 Å². The van der Waals surface area contributed by atoms with Crippen LogP contribution in [0.4, 0.5) is 0 Å². The smallest absolute Gasteiger partial charge is 0.255 e. The van der Waals surface area contributed by atoms with Gasteiger partial charge in [0.2, 0.25) is 5.88 Å². The lowest BCUT2D eigenvalue weighted by atomic mass is 9.95. The van der Waals surface area contributed by atoms with Crippen LogP contribution in [-0.4, -0.2) is 34.0 Å². The number of hydrogen-bond donors (Lipinski definition) is 0. The fraction of sp³-hybridized carbons (Fsp3) is 0.333. The fourth-order valence-electron chi connectivity index (χ4n) is 3.93. The van der Waals surface area contributed by atoms with Gasteiger partial charge in [0.25, 0.3) is 5.91 Å². The van der Waals surface area contributed by atoms with E-state index in [0.29, 0.717) is 23.9 Å². The fourth-order valence-corrected chi connectivity index (χ4v) is 3.93. The second-order valence-electron chi connectivity index (χ2n) is 7.04. The van der Waals surface area contributed by atoms with Crippen LogP contribution >= 0.6 is 0 Å². The summed E-state index contributed by atoms with van der Waals surface area (Å²) in [4.78, 5) is 20.0. The Kier molecular flexibility index (Phi) is 4.15. The maximum atomic E-state index is 13.6. The van der Waals surface area contributed by atoms with Crippen LogP contribution in [0.5, 0.6) is 5.88 Å². The van der Waals surface area contributed by atoms with E-state index >= 15 is 0 Å². The lowest BCUT2D eigenvalue weighted by molar-refractivity contribution is 0.0558. The molecule has 5 heteroatoms. The van der Waals surface area contributed by atoms with Crippen molar-refractivity contribution in [2.45, 2.75) is 26.4 Å². The maximum Gasteiger partial charge on any atom is 0.255 e. The van der Waals surface area contributed by atoms with Gasteiger partial charge < -0.3 is 14.2 Å². The van der Waals surface area contributed by atoms with E-state index in [2.05, 4.69) is 41.7 Å². The Labute approximate surface area is 153 Å². The summed E-state index contributed by atoms with van der Waals surface area (Å²) in [7, 11) is 1.58. The number of fused-ring (bicyclic) bond motifs is 2. The van der Waals surface area contributed by atoms with Gasteiger partial charge in [-0.3, -0.25) is 4.79 Å². The highest BCUT2D eigenvalue weighted by molar-refractivity contribution is 6.06. The Balaban J connectivity index is 1.82. The number of aromatic nitrogens is 2. The Bertz CT molecular complexity index is 961. The summed E-state index contributed by atoms with van der Waals surface area (Å²) in [5, 5.41) is 0.863. The van der Waals surface area contributed by atoms with Crippen molar-refractivity contribution in [2.75, 3.05) is 13.7 Å². The molecule has 3 heterocycles. The van der Waals surface area contributed by atoms with Crippen molar-refractivity contribution in [1.29, 1.82) is 0 Å². The van der Waals surface area contributed by atoms with Crippen molar-refractivity contribution < 1.29 is 9.53 Å². The Morgan fingerprint density at radius 2 is 2.00 bits per heavy atom. The molecule has 1 aliphatic rings. The Morgan fingerprint density at radius 3 is 2.77 bits per heavy atom. The molecule has 0 spiro atoms. The van der Waals surface area contributed by atoms with Gasteiger partial charge in [-0.25, -0.2) is 4.98 Å². The van der Waals surface area contributed by atoms with E-state index in [4.69, 9.17) is 4.74 Å². The molecule has 0 N–H and O–H groups in total. The molecule has 4 rings (SSSR count). The van der Waals surface area contributed by atoms with E-state index < -0.39 is 0 Å². The highest BCUT2D eigenvalue weighted by atomic mass is 16.5. The number of nitrogens with zero attached hydrogens (tertiary/aromatic N) is 3. The number of benzene rings is 1. The molecule has 1 amide bonds. The van der Waals surface area contributed by atoms with E-state index in [1.807, 2.05) is 29.2 Å². The van der Waals surface area contributed by atoms with Crippen LogP contribution in [0.3, 0.4) is 0 Å². The van der Waals surface area contributed by atoms with Crippen LogP contribution in [0.2, 0.25) is 0 Å². The maximum absolute atomic E-state index is 13.6. The van der Waals surface area contributed by atoms with Crippen molar-refractivity contribution in [3.8, 4) is 5.88 Å². The van der Waals surface area contributed by atoms with Gasteiger partial charge in [0.15, 0.2) is 0 Å². The van der Waals surface area contributed by atoms with Crippen molar-refractivity contribution in [3.63, 3.8) is 0 Å². The predicted octanol–water partition coefficient (Wildman–Crippen LogP) is 3.90. The van der Waals surface area contributed by atoms with E-state index in [9.17, 15) is 4.79 Å². The van der Waals surface area contributed by atoms with Crippen LogP contribution < -0.4 is 4.74 Å². The molecule has 1 aliphatic heterocycles. The van der Waals surface area contributed by atoms with Gasteiger partial charge in [0.1, 0.15) is 0 Å². The molecule has 134 valence electrons. The molecule has 0 fully saturated rings. The monoisotopic (exact) mass is 349 g/mol. The van der Waals surface area contributed by atoms with Crippen LogP contribution in [0.15, 0.2) is 48.7 Å². The number of ether oxygens (including phenoxy) is 1. The largest absolute Gasteiger partial charge is 0.481 e. The molecule has 1 aromatic carbocycles. The quantitative estimate of drug-likeness (QED) is 0.720. The minimum Gasteiger partial charge on any atom is -0.481 e. The molecular formula is C21H23N3O2. The van der Waals surface area contributed by atoms with Gasteiger partial charge in [-0.15, -0.1) is 0 Å². The zero-order valence-electron chi connectivity index (χ0n) is 15.3. The number of amides is 1. The predicted molar refractivity (Wildman–Crippen MR) is 101 cm³/mol. The number of carbonyl (C=O) groups excluding carboxylic acids is 1.